The number of amides is 1. The Hall–Kier alpha value is -6.78. The highest BCUT2D eigenvalue weighted by Gasteiger charge is 2.40. The minimum atomic E-state index is -4.34. The number of para-hydroxylation sites is 2. The van der Waals surface area contributed by atoms with Crippen LogP contribution in [0.2, 0.25) is 0 Å². The van der Waals surface area contributed by atoms with Crippen LogP contribution in [0.25, 0.3) is 0 Å². The largest absolute Gasteiger partial charge is 0.505 e. The molecule has 0 heterocycles. The standard InChI is InChI=1S/C47H48N6O9S/c1-52(2)45(60)31-18-12-19-32(39(31)54)48-35-38(44(59)41(35)56)51-47(24-9-10-25-47)30-17-11-14-28(26-30)27-53(3)63(61,62)34-21-13-20-33(40(34)55)49-36-37(43(58)42(36)57)50-46(22-7-8-23-46)29-15-5-4-6-16-29/h4-6,11-21,26,48-51,54-55H,7-10,22-25,27H2,1-3H3. The number of aromatic hydroxyl groups is 2. The summed E-state index contributed by atoms with van der Waals surface area (Å²) in [5.41, 5.74) is -1.90. The Morgan fingerprint density at radius 2 is 1.08 bits per heavy atom. The highest BCUT2D eigenvalue weighted by Crippen LogP contribution is 2.45. The summed E-state index contributed by atoms with van der Waals surface area (Å²) in [5, 5.41) is 34.7. The lowest BCUT2D eigenvalue weighted by molar-refractivity contribution is 0.0824. The van der Waals surface area contributed by atoms with Crippen LogP contribution in [0.5, 0.6) is 11.5 Å². The summed E-state index contributed by atoms with van der Waals surface area (Å²) in [4.78, 5) is 65.4. The van der Waals surface area contributed by atoms with Crippen LogP contribution in [0, 0.1) is 0 Å². The van der Waals surface area contributed by atoms with Crippen LogP contribution in [0.3, 0.4) is 0 Å². The van der Waals surface area contributed by atoms with Gasteiger partial charge in [-0.3, -0.25) is 24.0 Å². The number of rotatable bonds is 15. The van der Waals surface area contributed by atoms with Gasteiger partial charge in [0.1, 0.15) is 27.6 Å². The second-order valence-electron chi connectivity index (χ2n) is 16.8. The SMILES string of the molecule is CN(C)C(=O)c1cccc(Nc2c(NC3(c4cccc(CN(C)S(=O)(=O)c5cccc(Nc6c(NC7(c8ccccc8)CCCC7)c(=O)c6=O)c5O)c4)CCCC3)c(=O)c2=O)c1O. The third-order valence-corrected chi connectivity index (χ3v) is 14.4. The van der Waals surface area contributed by atoms with Crippen LogP contribution in [0.15, 0.2) is 115 Å². The summed E-state index contributed by atoms with van der Waals surface area (Å²) in [6, 6.07) is 25.6. The lowest BCUT2D eigenvalue weighted by atomic mass is 9.86. The fourth-order valence-corrected chi connectivity index (χ4v) is 10.3. The summed E-state index contributed by atoms with van der Waals surface area (Å²) in [7, 11) is 0.131. The van der Waals surface area contributed by atoms with Gasteiger partial charge in [-0.05, 0) is 66.6 Å². The molecular weight excluding hydrogens is 825 g/mol. The van der Waals surface area contributed by atoms with Gasteiger partial charge in [0.05, 0.1) is 28.0 Å². The second kappa shape index (κ2) is 16.5. The molecule has 6 aromatic rings. The van der Waals surface area contributed by atoms with Gasteiger partial charge in [0.25, 0.3) is 27.6 Å². The third-order valence-electron chi connectivity index (χ3n) is 12.6. The number of phenols is 2. The number of nitrogens with zero attached hydrogens (tertiary/aromatic N) is 2. The van der Waals surface area contributed by atoms with Crippen molar-refractivity contribution in [1.29, 1.82) is 0 Å². The zero-order chi connectivity index (χ0) is 44.8. The van der Waals surface area contributed by atoms with Crippen LogP contribution < -0.4 is 43.0 Å². The highest BCUT2D eigenvalue weighted by atomic mass is 32.2. The number of carbonyl (C=O) groups excluding carboxylic acids is 1. The molecular formula is C47H48N6O9S. The molecule has 8 rings (SSSR count). The van der Waals surface area contributed by atoms with Crippen molar-refractivity contribution in [3.63, 3.8) is 0 Å². The van der Waals surface area contributed by atoms with Crippen LogP contribution in [-0.4, -0.2) is 54.9 Å². The van der Waals surface area contributed by atoms with E-state index >= 15 is 0 Å². The van der Waals surface area contributed by atoms with Crippen molar-refractivity contribution in [2.75, 3.05) is 42.4 Å². The molecule has 326 valence electrons. The first-order valence-corrected chi connectivity index (χ1v) is 22.2. The maximum atomic E-state index is 14.1. The fourth-order valence-electron chi connectivity index (χ4n) is 9.06. The molecule has 0 atom stereocenters. The number of hydrogen-bond acceptors (Lipinski definition) is 13. The number of nitrogens with one attached hydrogen (secondary N) is 4. The van der Waals surface area contributed by atoms with Gasteiger partial charge in [0.2, 0.25) is 10.0 Å². The summed E-state index contributed by atoms with van der Waals surface area (Å²) < 4.78 is 29.3. The van der Waals surface area contributed by atoms with E-state index in [9.17, 15) is 42.6 Å². The Morgan fingerprint density at radius 1 is 0.603 bits per heavy atom. The molecule has 6 aromatic carbocycles. The first-order valence-electron chi connectivity index (χ1n) is 20.8. The smallest absolute Gasteiger partial charge is 0.257 e. The van der Waals surface area contributed by atoms with E-state index in [0.717, 1.165) is 54.0 Å². The number of phenolic OH excluding ortho intramolecular Hbond substituents is 2. The molecule has 2 aliphatic rings. The van der Waals surface area contributed by atoms with Gasteiger partial charge in [0, 0.05) is 27.7 Å². The van der Waals surface area contributed by atoms with E-state index in [-0.39, 0.29) is 52.0 Å². The van der Waals surface area contributed by atoms with E-state index in [4.69, 9.17) is 0 Å². The molecule has 0 bridgehead atoms. The van der Waals surface area contributed by atoms with E-state index in [1.807, 2.05) is 42.5 Å². The van der Waals surface area contributed by atoms with Gasteiger partial charge in [-0.15, -0.1) is 0 Å². The number of carbonyl (C=O) groups is 1. The molecule has 2 aliphatic carbocycles. The Balaban J connectivity index is 1.01. The molecule has 15 nitrogen and oxygen atoms in total. The molecule has 0 aliphatic heterocycles. The quantitative estimate of drug-likeness (QED) is 0.0512. The Kier molecular flexibility index (Phi) is 11.2. The van der Waals surface area contributed by atoms with Gasteiger partial charge in [-0.25, -0.2) is 8.42 Å². The Labute approximate surface area is 363 Å². The summed E-state index contributed by atoms with van der Waals surface area (Å²) >= 11 is 0. The third kappa shape index (κ3) is 7.62. The highest BCUT2D eigenvalue weighted by molar-refractivity contribution is 7.89. The topological polar surface area (TPSA) is 215 Å². The van der Waals surface area contributed by atoms with E-state index in [2.05, 4.69) is 21.3 Å². The van der Waals surface area contributed by atoms with E-state index in [1.54, 1.807) is 32.3 Å². The van der Waals surface area contributed by atoms with Gasteiger partial charge in [-0.1, -0.05) is 92.4 Å². The normalized spacial score (nSPS) is 15.7. The molecule has 0 spiro atoms. The van der Waals surface area contributed by atoms with E-state index in [1.165, 1.54) is 42.3 Å². The Bertz CT molecular complexity index is 2990. The van der Waals surface area contributed by atoms with Crippen molar-refractivity contribution in [3.05, 3.63) is 154 Å². The average molecular weight is 873 g/mol. The second-order valence-corrected chi connectivity index (χ2v) is 18.8. The number of anilines is 6. The van der Waals surface area contributed by atoms with Crippen molar-refractivity contribution >= 4 is 50.1 Å². The van der Waals surface area contributed by atoms with E-state index < -0.39 is 59.4 Å². The lowest BCUT2D eigenvalue weighted by Crippen LogP contribution is -2.42. The molecule has 2 saturated carbocycles. The molecule has 0 radical (unpaired) electrons. The molecule has 0 aromatic heterocycles. The average Bonchev–Trinajstić information content (AvgIpc) is 3.98. The summed E-state index contributed by atoms with van der Waals surface area (Å²) in [6.07, 6.45) is 6.19. The van der Waals surface area contributed by atoms with Crippen LogP contribution in [0.1, 0.15) is 78.4 Å². The molecule has 1 amide bonds. The maximum Gasteiger partial charge on any atom is 0.257 e. The predicted molar refractivity (Wildman–Crippen MR) is 243 cm³/mol. The monoisotopic (exact) mass is 872 g/mol. The predicted octanol–water partition coefficient (Wildman–Crippen LogP) is 6.06. The maximum absolute atomic E-state index is 14.1. The molecule has 0 unspecified atom stereocenters. The van der Waals surface area contributed by atoms with Crippen molar-refractivity contribution < 1.29 is 23.4 Å². The van der Waals surface area contributed by atoms with Crippen LogP contribution in [-0.2, 0) is 27.6 Å². The van der Waals surface area contributed by atoms with Gasteiger partial charge < -0.3 is 36.4 Å². The zero-order valence-corrected chi connectivity index (χ0v) is 35.9. The molecule has 63 heavy (non-hydrogen) atoms. The van der Waals surface area contributed by atoms with Gasteiger partial charge in [0.15, 0.2) is 11.5 Å². The van der Waals surface area contributed by atoms with Crippen molar-refractivity contribution in [2.24, 2.45) is 0 Å². The number of benzene rings is 4. The number of sulfonamides is 1. The van der Waals surface area contributed by atoms with Crippen LogP contribution >= 0.6 is 0 Å². The molecule has 6 N–H and O–H groups in total. The van der Waals surface area contributed by atoms with Crippen molar-refractivity contribution in [1.82, 2.24) is 9.21 Å². The lowest BCUT2D eigenvalue weighted by Gasteiger charge is -2.34. The first-order chi connectivity index (χ1) is 30.1. The van der Waals surface area contributed by atoms with E-state index in [0.29, 0.717) is 18.4 Å². The van der Waals surface area contributed by atoms with Crippen molar-refractivity contribution in [2.45, 2.75) is 73.9 Å². The number of hydrogen-bond donors (Lipinski definition) is 6. The summed E-state index contributed by atoms with van der Waals surface area (Å²) in [6.45, 7) is -0.106. The molecule has 16 heteroatoms. The van der Waals surface area contributed by atoms with Crippen LogP contribution in [0.4, 0.5) is 34.1 Å². The van der Waals surface area contributed by atoms with Gasteiger partial charge in [-0.2, -0.15) is 4.31 Å². The van der Waals surface area contributed by atoms with Crippen molar-refractivity contribution in [3.8, 4) is 11.5 Å². The summed E-state index contributed by atoms with van der Waals surface area (Å²) in [5.74, 6) is -1.43. The minimum Gasteiger partial charge on any atom is -0.505 e. The Morgan fingerprint density at radius 3 is 1.63 bits per heavy atom. The minimum absolute atomic E-state index is 0.0208. The van der Waals surface area contributed by atoms with Gasteiger partial charge >= 0.3 is 0 Å². The molecule has 0 saturated heterocycles. The first kappa shape index (κ1) is 42.9. The fraction of sp³-hybridized carbons (Fsp3) is 0.298. The zero-order valence-electron chi connectivity index (χ0n) is 35.1. The molecule has 2 fully saturated rings.